The van der Waals surface area contributed by atoms with Crippen molar-refractivity contribution >= 4 is 5.97 Å². The van der Waals surface area contributed by atoms with Crippen molar-refractivity contribution < 1.29 is 23.1 Å². The number of halogens is 3. The van der Waals surface area contributed by atoms with E-state index in [1.807, 2.05) is 4.90 Å². The number of rotatable bonds is 3. The summed E-state index contributed by atoms with van der Waals surface area (Å²) in [6.07, 6.45) is -3.07. The van der Waals surface area contributed by atoms with Gasteiger partial charge >= 0.3 is 12.1 Å². The molecule has 0 fully saturated rings. The zero-order chi connectivity index (χ0) is 14.8. The molecule has 0 aliphatic carbocycles. The quantitative estimate of drug-likeness (QED) is 0.868. The average Bonchev–Trinajstić information content (AvgIpc) is 2.38. The lowest BCUT2D eigenvalue weighted by molar-refractivity contribution is -0.0960. The smallest absolute Gasteiger partial charge is 0.412 e. The minimum atomic E-state index is -4.24. The number of carboxylic acid groups (broad SMARTS) is 1. The van der Waals surface area contributed by atoms with Crippen molar-refractivity contribution in [2.24, 2.45) is 0 Å². The third kappa shape index (κ3) is 3.60. The van der Waals surface area contributed by atoms with Crippen LogP contribution in [-0.4, -0.2) is 35.2 Å². The molecular weight excluding hydrogens is 271 g/mol. The molecule has 2 rings (SSSR count). The van der Waals surface area contributed by atoms with Gasteiger partial charge in [-0.1, -0.05) is 18.2 Å². The maximum absolute atomic E-state index is 12.5. The first-order valence-corrected chi connectivity index (χ1v) is 6.17. The fourth-order valence-corrected chi connectivity index (χ4v) is 2.17. The summed E-state index contributed by atoms with van der Waals surface area (Å²) in [5.41, 5.74) is 0.493. The highest BCUT2D eigenvalue weighted by atomic mass is 19.4. The molecule has 0 radical (unpaired) electrons. The third-order valence-corrected chi connectivity index (χ3v) is 3.24. The summed E-state index contributed by atoms with van der Waals surface area (Å²) in [5.74, 6) is -1.01. The van der Waals surface area contributed by atoms with Gasteiger partial charge in [-0.25, -0.2) is 4.79 Å². The monoisotopic (exact) mass is 285 g/mol. The number of alkyl halides is 3. The Morgan fingerprint density at radius 3 is 2.65 bits per heavy atom. The molecule has 1 heterocycles. The van der Waals surface area contributed by atoms with Crippen molar-refractivity contribution in [3.63, 3.8) is 0 Å². The van der Waals surface area contributed by atoms with E-state index in [0.717, 1.165) is 5.56 Å². The van der Waals surface area contributed by atoms with Crippen molar-refractivity contribution in [2.75, 3.05) is 13.1 Å². The molecule has 108 valence electrons. The molecule has 1 aliphatic rings. The number of nitrogens with zero attached hydrogens (tertiary/aromatic N) is 1. The van der Waals surface area contributed by atoms with Gasteiger partial charge in [-0.15, -0.1) is 0 Å². The fourth-order valence-electron chi connectivity index (χ4n) is 2.17. The van der Waals surface area contributed by atoms with Crippen molar-refractivity contribution in [1.29, 1.82) is 0 Å². The van der Waals surface area contributed by atoms with Gasteiger partial charge in [0.2, 0.25) is 0 Å². The molecule has 6 heteroatoms. The molecule has 1 aromatic carbocycles. The lowest BCUT2D eigenvalue weighted by Crippen LogP contribution is -2.31. The molecule has 0 aromatic heterocycles. The van der Waals surface area contributed by atoms with Crippen molar-refractivity contribution in [3.05, 3.63) is 47.0 Å². The molecule has 1 aliphatic heterocycles. The van der Waals surface area contributed by atoms with Crippen LogP contribution in [0.5, 0.6) is 0 Å². The second-order valence-electron chi connectivity index (χ2n) is 4.72. The van der Waals surface area contributed by atoms with E-state index in [4.69, 9.17) is 5.11 Å². The Labute approximate surface area is 114 Å². The van der Waals surface area contributed by atoms with E-state index in [0.29, 0.717) is 13.1 Å². The Morgan fingerprint density at radius 1 is 1.35 bits per heavy atom. The molecule has 20 heavy (non-hydrogen) atoms. The molecule has 0 spiro atoms. The molecule has 0 unspecified atom stereocenters. The van der Waals surface area contributed by atoms with Crippen molar-refractivity contribution in [1.82, 2.24) is 4.90 Å². The van der Waals surface area contributed by atoms with E-state index in [9.17, 15) is 18.0 Å². The van der Waals surface area contributed by atoms with Gasteiger partial charge in [0.1, 0.15) is 0 Å². The highest BCUT2D eigenvalue weighted by Gasteiger charge is 2.34. The van der Waals surface area contributed by atoms with Crippen LogP contribution in [0.25, 0.3) is 0 Å². The van der Waals surface area contributed by atoms with Crippen LogP contribution in [0.2, 0.25) is 0 Å². The molecule has 1 N–H and O–H groups in total. The van der Waals surface area contributed by atoms with E-state index in [1.54, 1.807) is 18.2 Å². The topological polar surface area (TPSA) is 40.5 Å². The highest BCUT2D eigenvalue weighted by Crippen LogP contribution is 2.30. The molecule has 0 saturated heterocycles. The number of carbonyl (C=O) groups is 1. The van der Waals surface area contributed by atoms with Gasteiger partial charge in [0, 0.05) is 25.2 Å². The van der Waals surface area contributed by atoms with Crippen LogP contribution in [0.4, 0.5) is 13.2 Å². The van der Waals surface area contributed by atoms with Gasteiger partial charge in [0.25, 0.3) is 0 Å². The van der Waals surface area contributed by atoms with E-state index in [1.165, 1.54) is 12.1 Å². The lowest BCUT2D eigenvalue weighted by atomic mass is 10.1. The van der Waals surface area contributed by atoms with Crippen molar-refractivity contribution in [3.8, 4) is 0 Å². The molecule has 3 nitrogen and oxygen atoms in total. The molecule has 0 atom stereocenters. The molecule has 1 aromatic rings. The summed E-state index contributed by atoms with van der Waals surface area (Å²) in [6.45, 7) is 0.998. The Bertz CT molecular complexity index is 537. The standard InChI is InChI=1S/C14H14F3NO2/c15-14(16,17)12-4-6-18(7-5-12)9-10-2-1-3-11(8-10)13(19)20/h1-4,8H,5-7,9H2,(H,19,20). The Morgan fingerprint density at radius 2 is 2.10 bits per heavy atom. The van der Waals surface area contributed by atoms with Gasteiger partial charge in [0.05, 0.1) is 5.56 Å². The Kier molecular flexibility index (Phi) is 4.13. The first-order valence-electron chi connectivity index (χ1n) is 6.17. The second kappa shape index (κ2) is 5.66. The largest absolute Gasteiger partial charge is 0.478 e. The summed E-state index contributed by atoms with van der Waals surface area (Å²) in [4.78, 5) is 12.7. The van der Waals surface area contributed by atoms with Gasteiger partial charge < -0.3 is 5.11 Å². The average molecular weight is 285 g/mol. The number of carboxylic acids is 1. The maximum atomic E-state index is 12.5. The number of aromatic carboxylic acids is 1. The summed E-state index contributed by atoms with van der Waals surface area (Å²) in [7, 11) is 0. The third-order valence-electron chi connectivity index (χ3n) is 3.24. The predicted octanol–water partition coefficient (Wildman–Crippen LogP) is 3.08. The van der Waals surface area contributed by atoms with Gasteiger partial charge in [0.15, 0.2) is 0 Å². The second-order valence-corrected chi connectivity index (χ2v) is 4.72. The molecule has 0 bridgehead atoms. The zero-order valence-electron chi connectivity index (χ0n) is 10.7. The summed E-state index contributed by atoms with van der Waals surface area (Å²) < 4.78 is 37.5. The molecular formula is C14H14F3NO2. The van der Waals surface area contributed by atoms with E-state index < -0.39 is 17.7 Å². The SMILES string of the molecule is O=C(O)c1cccc(CN2CC=C(C(F)(F)F)CC2)c1. The number of hydrogen-bond acceptors (Lipinski definition) is 2. The summed E-state index contributed by atoms with van der Waals surface area (Å²) in [6, 6.07) is 6.45. The molecule has 0 saturated carbocycles. The first-order chi connectivity index (χ1) is 9.36. The van der Waals surface area contributed by atoms with Crippen LogP contribution < -0.4 is 0 Å². The van der Waals surface area contributed by atoms with Crippen LogP contribution in [0.3, 0.4) is 0 Å². The van der Waals surface area contributed by atoms with Crippen LogP contribution in [-0.2, 0) is 6.54 Å². The minimum absolute atomic E-state index is 0.0257. The minimum Gasteiger partial charge on any atom is -0.478 e. The zero-order valence-corrected chi connectivity index (χ0v) is 10.7. The van der Waals surface area contributed by atoms with Crippen LogP contribution in [0, 0.1) is 0 Å². The van der Waals surface area contributed by atoms with Gasteiger partial charge in [-0.2, -0.15) is 13.2 Å². The highest BCUT2D eigenvalue weighted by molar-refractivity contribution is 5.87. The van der Waals surface area contributed by atoms with Crippen molar-refractivity contribution in [2.45, 2.75) is 19.1 Å². The van der Waals surface area contributed by atoms with Crippen LogP contribution >= 0.6 is 0 Å². The fraction of sp³-hybridized carbons (Fsp3) is 0.357. The van der Waals surface area contributed by atoms with Gasteiger partial charge in [-0.3, -0.25) is 4.90 Å². The van der Waals surface area contributed by atoms with Crippen LogP contribution in [0.15, 0.2) is 35.9 Å². The Balaban J connectivity index is 2.01. The summed E-state index contributed by atoms with van der Waals surface area (Å²) in [5, 5.41) is 8.89. The van der Waals surface area contributed by atoms with E-state index in [-0.39, 0.29) is 18.5 Å². The summed E-state index contributed by atoms with van der Waals surface area (Å²) >= 11 is 0. The first kappa shape index (κ1) is 14.6. The number of hydrogen-bond donors (Lipinski definition) is 1. The van der Waals surface area contributed by atoms with E-state index >= 15 is 0 Å². The van der Waals surface area contributed by atoms with Crippen LogP contribution in [0.1, 0.15) is 22.3 Å². The normalized spacial score (nSPS) is 16.9. The van der Waals surface area contributed by atoms with E-state index in [2.05, 4.69) is 0 Å². The molecule has 0 amide bonds. The predicted molar refractivity (Wildman–Crippen MR) is 67.4 cm³/mol. The lowest BCUT2D eigenvalue weighted by Gasteiger charge is -2.27. The maximum Gasteiger partial charge on any atom is 0.412 e. The Hall–Kier alpha value is -1.82. The number of benzene rings is 1. The van der Waals surface area contributed by atoms with Gasteiger partial charge in [-0.05, 0) is 24.1 Å².